The highest BCUT2D eigenvalue weighted by molar-refractivity contribution is 7.94. The molecule has 1 aliphatic rings. The van der Waals surface area contributed by atoms with E-state index in [1.54, 1.807) is 12.1 Å². The van der Waals surface area contributed by atoms with Gasteiger partial charge in [0.15, 0.2) is 0 Å². The van der Waals surface area contributed by atoms with Crippen LogP contribution in [0.15, 0.2) is 168 Å². The lowest BCUT2D eigenvalue weighted by molar-refractivity contribution is 0.599. The first-order valence-corrected chi connectivity index (χ1v) is 19.5. The topological polar surface area (TPSA) is 34.1 Å². The molecule has 0 aromatic heterocycles. The Labute approximate surface area is 254 Å². The Bertz CT molecular complexity index is 1940. The van der Waals surface area contributed by atoms with Gasteiger partial charge in [-0.1, -0.05) is 146 Å². The monoisotopic (exact) mass is 612 g/mol. The Hall–Kier alpha value is -4.13. The molecule has 0 radical (unpaired) electrons. The summed E-state index contributed by atoms with van der Waals surface area (Å²) in [6.45, 7) is -4.61. The van der Waals surface area contributed by atoms with Gasteiger partial charge < -0.3 is 0 Å². The maximum absolute atomic E-state index is 13.9. The number of rotatable bonds is 6. The SMILES string of the molecule is C=P(c1ccccc1)(c1ccccc1)c1ccc2c(c1)-c1cc(P(=C)(c3ccccc3)c3ccccc3)ccc1S2(=O)=O. The molecule has 0 unspecified atom stereocenters. The standard InChI is InChI=1S/C38H30O2P2S/c1-41(29-15-7-3-8-16-29,30-17-9-4-10-18-30)33-23-25-37-35(27-33)36-28-34(24-26-38(36)43(37,39)40)42(2,31-19-11-5-12-20-31)32-21-13-6-14-22-32/h3-28H,1-2H2. The molecule has 0 fully saturated rings. The third-order valence-electron chi connectivity index (χ3n) is 8.46. The van der Waals surface area contributed by atoms with E-state index < -0.39 is 23.6 Å². The van der Waals surface area contributed by atoms with E-state index in [0.717, 1.165) is 43.0 Å². The normalized spacial score (nSPS) is 13.7. The number of fused-ring (bicyclic) bond motifs is 3. The van der Waals surface area contributed by atoms with Crippen LogP contribution < -0.4 is 31.8 Å². The minimum Gasteiger partial charge on any atom is -0.218 e. The van der Waals surface area contributed by atoms with Gasteiger partial charge in [0.1, 0.15) is 0 Å². The van der Waals surface area contributed by atoms with Crippen molar-refractivity contribution < 1.29 is 8.42 Å². The summed E-state index contributed by atoms with van der Waals surface area (Å²) in [7, 11) is -3.66. The minimum atomic E-state index is -3.66. The second kappa shape index (κ2) is 10.5. The molecule has 0 amide bonds. The maximum Gasteiger partial charge on any atom is 0.207 e. The van der Waals surface area contributed by atoms with Crippen molar-refractivity contribution >= 4 is 68.0 Å². The van der Waals surface area contributed by atoms with Gasteiger partial charge in [0, 0.05) is 11.1 Å². The van der Waals surface area contributed by atoms with Crippen molar-refractivity contribution in [2.45, 2.75) is 9.79 Å². The van der Waals surface area contributed by atoms with Gasteiger partial charge in [-0.3, -0.25) is 0 Å². The second-order valence-corrected chi connectivity index (χ2v) is 19.0. The van der Waals surface area contributed by atoms with E-state index in [1.165, 1.54) is 0 Å². The lowest BCUT2D eigenvalue weighted by Gasteiger charge is -2.27. The summed E-state index contributed by atoms with van der Waals surface area (Å²) >= 11 is 0. The lowest BCUT2D eigenvalue weighted by atomic mass is 10.1. The summed E-state index contributed by atoms with van der Waals surface area (Å²) in [5.41, 5.74) is 1.48. The number of hydrogen-bond donors (Lipinski definition) is 0. The number of sulfone groups is 1. The number of hydrogen-bond acceptors (Lipinski definition) is 2. The van der Waals surface area contributed by atoms with E-state index in [9.17, 15) is 8.42 Å². The third kappa shape index (κ3) is 4.35. The van der Waals surface area contributed by atoms with Gasteiger partial charge in [-0.2, -0.15) is 0 Å². The first-order valence-electron chi connectivity index (χ1n) is 14.1. The average Bonchev–Trinajstić information content (AvgIpc) is 3.30. The van der Waals surface area contributed by atoms with Gasteiger partial charge in [-0.25, -0.2) is 8.42 Å². The molecule has 1 aliphatic heterocycles. The molecule has 0 atom stereocenters. The van der Waals surface area contributed by atoms with E-state index in [2.05, 4.69) is 60.7 Å². The molecule has 5 heteroatoms. The van der Waals surface area contributed by atoms with Crippen molar-refractivity contribution in [3.05, 3.63) is 158 Å². The van der Waals surface area contributed by atoms with Crippen molar-refractivity contribution in [1.29, 1.82) is 0 Å². The molecule has 2 nitrogen and oxygen atoms in total. The molecule has 0 saturated carbocycles. The summed E-state index contributed by atoms with van der Waals surface area (Å²) < 4.78 is 27.7. The van der Waals surface area contributed by atoms with Gasteiger partial charge >= 0.3 is 0 Å². The fraction of sp³-hybridized carbons (Fsp3) is 0. The van der Waals surface area contributed by atoms with E-state index in [0.29, 0.717) is 9.79 Å². The van der Waals surface area contributed by atoms with Crippen molar-refractivity contribution in [3.63, 3.8) is 0 Å². The summed E-state index contributed by atoms with van der Waals surface area (Å²) in [6, 6.07) is 53.1. The Balaban J connectivity index is 1.47. The molecule has 6 aromatic rings. The molecule has 0 bridgehead atoms. The fourth-order valence-electron chi connectivity index (χ4n) is 6.14. The minimum absolute atomic E-state index is 0.350. The summed E-state index contributed by atoms with van der Waals surface area (Å²) in [4.78, 5) is 0.701. The fourth-order valence-corrected chi connectivity index (χ4v) is 13.7. The first-order chi connectivity index (χ1) is 20.8. The van der Waals surface area contributed by atoms with E-state index >= 15 is 0 Å². The zero-order chi connectivity index (χ0) is 29.7. The van der Waals surface area contributed by atoms with Crippen molar-refractivity contribution in [2.24, 2.45) is 0 Å². The maximum atomic E-state index is 13.9. The highest BCUT2D eigenvalue weighted by Crippen LogP contribution is 2.49. The highest BCUT2D eigenvalue weighted by Gasteiger charge is 2.36. The van der Waals surface area contributed by atoms with Crippen LogP contribution in [-0.4, -0.2) is 21.0 Å². The number of benzene rings is 6. The molecule has 6 aromatic carbocycles. The molecule has 0 aliphatic carbocycles. The quantitative estimate of drug-likeness (QED) is 0.218. The largest absolute Gasteiger partial charge is 0.218 e. The van der Waals surface area contributed by atoms with Gasteiger partial charge in [0.05, 0.1) is 9.79 Å². The second-order valence-electron chi connectivity index (χ2n) is 10.8. The zero-order valence-corrected chi connectivity index (χ0v) is 26.1. The Morgan fingerprint density at radius 2 is 0.651 bits per heavy atom. The molecular formula is C38H30O2P2S. The molecule has 43 heavy (non-hydrogen) atoms. The Morgan fingerprint density at radius 1 is 0.372 bits per heavy atom. The van der Waals surface area contributed by atoms with Crippen LogP contribution in [0.25, 0.3) is 11.1 Å². The Kier molecular flexibility index (Phi) is 6.79. The molecule has 210 valence electrons. The van der Waals surface area contributed by atoms with Crippen LogP contribution in [-0.2, 0) is 9.84 Å². The highest BCUT2D eigenvalue weighted by atomic mass is 32.2. The molecule has 1 heterocycles. The van der Waals surface area contributed by atoms with Crippen LogP contribution in [0.3, 0.4) is 0 Å². The third-order valence-corrected chi connectivity index (χ3v) is 17.4. The van der Waals surface area contributed by atoms with E-state index in [1.807, 2.05) is 84.9 Å². The summed E-state index contributed by atoms with van der Waals surface area (Å²) in [5.74, 6) is 0. The zero-order valence-electron chi connectivity index (χ0n) is 23.5. The van der Waals surface area contributed by atoms with Crippen LogP contribution >= 0.6 is 13.8 Å². The Morgan fingerprint density at radius 3 is 0.930 bits per heavy atom. The smallest absolute Gasteiger partial charge is 0.207 e. The van der Waals surface area contributed by atoms with E-state index in [4.69, 9.17) is 12.6 Å². The van der Waals surface area contributed by atoms with E-state index in [-0.39, 0.29) is 0 Å². The van der Waals surface area contributed by atoms with Crippen LogP contribution in [0.1, 0.15) is 0 Å². The molecule has 0 spiro atoms. The van der Waals surface area contributed by atoms with Gasteiger partial charge in [0.25, 0.3) is 0 Å². The lowest BCUT2D eigenvalue weighted by Crippen LogP contribution is -2.26. The van der Waals surface area contributed by atoms with Gasteiger partial charge in [0.2, 0.25) is 9.84 Å². The van der Waals surface area contributed by atoms with Crippen LogP contribution in [0, 0.1) is 0 Å². The van der Waals surface area contributed by atoms with Crippen LogP contribution in [0.5, 0.6) is 0 Å². The molecule has 0 saturated heterocycles. The van der Waals surface area contributed by atoms with Gasteiger partial charge in [-0.15, -0.1) is 0 Å². The predicted molar refractivity (Wildman–Crippen MR) is 189 cm³/mol. The molecule has 0 N–H and O–H groups in total. The molecular weight excluding hydrogens is 582 g/mol. The van der Waals surface area contributed by atoms with Crippen molar-refractivity contribution in [1.82, 2.24) is 0 Å². The first kappa shape index (κ1) is 27.7. The summed E-state index contributed by atoms with van der Waals surface area (Å²) in [6.07, 6.45) is 9.78. The van der Waals surface area contributed by atoms with Crippen LogP contribution in [0.4, 0.5) is 0 Å². The predicted octanol–water partition coefficient (Wildman–Crippen LogP) is 5.95. The van der Waals surface area contributed by atoms with Crippen molar-refractivity contribution in [2.75, 3.05) is 0 Å². The average molecular weight is 613 g/mol. The van der Waals surface area contributed by atoms with Crippen molar-refractivity contribution in [3.8, 4) is 11.1 Å². The molecule has 7 rings (SSSR count). The summed E-state index contributed by atoms with van der Waals surface area (Å²) in [5, 5.41) is 6.66. The van der Waals surface area contributed by atoms with Gasteiger partial charge in [-0.05, 0) is 69.9 Å². The van der Waals surface area contributed by atoms with Crippen LogP contribution in [0.2, 0.25) is 0 Å².